The van der Waals surface area contributed by atoms with Crippen LogP contribution in [0, 0.1) is 17.8 Å². The number of rotatable bonds is 1. The molecule has 2 unspecified atom stereocenters. The second-order valence-corrected chi connectivity index (χ2v) is 5.79. The summed E-state index contributed by atoms with van der Waals surface area (Å²) in [5.74, 6) is -1.87. The van der Waals surface area contributed by atoms with Crippen LogP contribution in [-0.4, -0.2) is 56.5 Å². The molecule has 18 heavy (non-hydrogen) atoms. The first kappa shape index (κ1) is 11.7. The first-order chi connectivity index (χ1) is 8.25. The SMILES string of the molecule is CC1(C)ON=C(C2C3CN(C(=O)O)CC32)C1(O)O. The minimum absolute atomic E-state index is 0.0719. The zero-order chi connectivity index (χ0) is 13.3. The molecule has 1 amide bonds. The lowest BCUT2D eigenvalue weighted by molar-refractivity contribution is -0.213. The van der Waals surface area contributed by atoms with Crippen LogP contribution >= 0.6 is 0 Å². The highest BCUT2D eigenvalue weighted by Gasteiger charge is 2.67. The fraction of sp³-hybridized carbons (Fsp3) is 0.818. The lowest BCUT2D eigenvalue weighted by Gasteiger charge is -2.29. The lowest BCUT2D eigenvalue weighted by atomic mass is 9.90. The number of hydrogen-bond acceptors (Lipinski definition) is 5. The van der Waals surface area contributed by atoms with Crippen molar-refractivity contribution in [1.82, 2.24) is 4.90 Å². The summed E-state index contributed by atoms with van der Waals surface area (Å²) in [5.41, 5.74) is -0.918. The van der Waals surface area contributed by atoms with E-state index >= 15 is 0 Å². The summed E-state index contributed by atoms with van der Waals surface area (Å²) < 4.78 is 0. The molecular weight excluding hydrogens is 240 g/mol. The largest absolute Gasteiger partial charge is 0.465 e. The van der Waals surface area contributed by atoms with Gasteiger partial charge in [-0.3, -0.25) is 0 Å². The van der Waals surface area contributed by atoms with Crippen molar-refractivity contribution in [3.8, 4) is 0 Å². The molecule has 2 fully saturated rings. The number of fused-ring (bicyclic) bond motifs is 1. The molecular formula is C11H16N2O5. The van der Waals surface area contributed by atoms with E-state index in [9.17, 15) is 15.0 Å². The van der Waals surface area contributed by atoms with Crippen molar-refractivity contribution in [1.29, 1.82) is 0 Å². The number of amides is 1. The molecule has 1 aliphatic carbocycles. The van der Waals surface area contributed by atoms with Gasteiger partial charge >= 0.3 is 6.09 Å². The molecule has 0 aromatic carbocycles. The molecule has 0 spiro atoms. The van der Waals surface area contributed by atoms with Gasteiger partial charge in [0.15, 0.2) is 5.60 Å². The van der Waals surface area contributed by atoms with Crippen LogP contribution in [-0.2, 0) is 4.84 Å². The summed E-state index contributed by atoms with van der Waals surface area (Å²) in [5, 5.41) is 32.9. The Morgan fingerprint density at radius 2 is 1.94 bits per heavy atom. The van der Waals surface area contributed by atoms with E-state index in [1.165, 1.54) is 4.90 Å². The molecule has 100 valence electrons. The summed E-state index contributed by atoms with van der Waals surface area (Å²) >= 11 is 0. The van der Waals surface area contributed by atoms with E-state index in [0.717, 1.165) is 0 Å². The Labute approximate surface area is 104 Å². The number of likely N-dealkylation sites (tertiary alicyclic amines) is 1. The molecule has 0 radical (unpaired) electrons. The van der Waals surface area contributed by atoms with E-state index in [2.05, 4.69) is 5.16 Å². The molecule has 0 bridgehead atoms. The Balaban J connectivity index is 1.73. The number of nitrogens with zero attached hydrogens (tertiary/aromatic N) is 2. The number of oxime groups is 1. The van der Waals surface area contributed by atoms with E-state index in [-0.39, 0.29) is 23.5 Å². The molecule has 1 saturated carbocycles. The highest BCUT2D eigenvalue weighted by molar-refractivity contribution is 5.97. The molecule has 2 heterocycles. The predicted molar refractivity (Wildman–Crippen MR) is 59.8 cm³/mol. The molecule has 2 aliphatic heterocycles. The lowest BCUT2D eigenvalue weighted by Crippen LogP contribution is -2.53. The van der Waals surface area contributed by atoms with E-state index in [4.69, 9.17) is 9.94 Å². The minimum Gasteiger partial charge on any atom is -0.465 e. The number of aliphatic hydroxyl groups is 2. The van der Waals surface area contributed by atoms with E-state index in [1.54, 1.807) is 13.8 Å². The highest BCUT2D eigenvalue weighted by atomic mass is 16.7. The Bertz CT molecular complexity index is 433. The van der Waals surface area contributed by atoms with Crippen molar-refractivity contribution in [2.75, 3.05) is 13.1 Å². The highest BCUT2D eigenvalue weighted by Crippen LogP contribution is 2.55. The third-order valence-electron chi connectivity index (χ3n) is 4.35. The van der Waals surface area contributed by atoms with Gasteiger partial charge in [0, 0.05) is 19.0 Å². The van der Waals surface area contributed by atoms with Gasteiger partial charge in [-0.15, -0.1) is 0 Å². The van der Waals surface area contributed by atoms with Gasteiger partial charge in [-0.2, -0.15) is 0 Å². The first-order valence-electron chi connectivity index (χ1n) is 5.95. The van der Waals surface area contributed by atoms with Gasteiger partial charge in [0.2, 0.25) is 0 Å². The first-order valence-corrected chi connectivity index (χ1v) is 5.95. The van der Waals surface area contributed by atoms with Gasteiger partial charge in [-0.1, -0.05) is 5.16 Å². The van der Waals surface area contributed by atoms with Gasteiger partial charge in [-0.25, -0.2) is 4.79 Å². The second kappa shape index (κ2) is 3.16. The minimum atomic E-state index is -2.07. The van der Waals surface area contributed by atoms with Gasteiger partial charge < -0.3 is 25.1 Å². The smallest absolute Gasteiger partial charge is 0.407 e. The molecule has 3 rings (SSSR count). The van der Waals surface area contributed by atoms with Crippen LogP contribution in [0.4, 0.5) is 4.79 Å². The monoisotopic (exact) mass is 256 g/mol. The maximum absolute atomic E-state index is 10.8. The van der Waals surface area contributed by atoms with E-state index in [0.29, 0.717) is 13.1 Å². The van der Waals surface area contributed by atoms with Crippen LogP contribution in [0.1, 0.15) is 13.8 Å². The second-order valence-electron chi connectivity index (χ2n) is 5.79. The van der Waals surface area contributed by atoms with Crippen molar-refractivity contribution in [3.05, 3.63) is 0 Å². The third-order valence-corrected chi connectivity index (χ3v) is 4.35. The standard InChI is InChI=1S/C11H16N2O5/c1-10(2)11(16,17)8(12-18-10)7-5-3-13(9(14)15)4-6(5)7/h5-7,16-17H,3-4H2,1-2H3,(H,14,15). The topological polar surface area (TPSA) is 103 Å². The maximum atomic E-state index is 10.8. The molecule has 2 atom stereocenters. The number of hydrogen-bond donors (Lipinski definition) is 3. The fourth-order valence-electron chi connectivity index (χ4n) is 2.98. The number of piperidine rings is 1. The Kier molecular flexibility index (Phi) is 2.06. The summed E-state index contributed by atoms with van der Waals surface area (Å²) in [7, 11) is 0. The average Bonchev–Trinajstić information content (AvgIpc) is 2.66. The fourth-order valence-corrected chi connectivity index (χ4v) is 2.98. The summed E-state index contributed by atoms with van der Waals surface area (Å²) in [6.07, 6.45) is -0.926. The van der Waals surface area contributed by atoms with Crippen molar-refractivity contribution in [2.45, 2.75) is 25.2 Å². The van der Waals surface area contributed by atoms with Crippen LogP contribution in [0.2, 0.25) is 0 Å². The zero-order valence-electron chi connectivity index (χ0n) is 10.2. The van der Waals surface area contributed by atoms with Crippen LogP contribution in [0.3, 0.4) is 0 Å². The van der Waals surface area contributed by atoms with Gasteiger partial charge in [0.05, 0.1) is 0 Å². The van der Waals surface area contributed by atoms with Crippen LogP contribution < -0.4 is 0 Å². The van der Waals surface area contributed by atoms with Crippen LogP contribution in [0.5, 0.6) is 0 Å². The van der Waals surface area contributed by atoms with Crippen molar-refractivity contribution < 1.29 is 25.0 Å². The van der Waals surface area contributed by atoms with E-state index in [1.807, 2.05) is 0 Å². The third kappa shape index (κ3) is 1.31. The Hall–Kier alpha value is -1.34. The summed E-state index contributed by atoms with van der Waals surface area (Å²) in [6.45, 7) is 3.98. The molecule has 7 heteroatoms. The van der Waals surface area contributed by atoms with E-state index < -0.39 is 17.5 Å². The molecule has 3 aliphatic rings. The molecule has 1 saturated heterocycles. The average molecular weight is 256 g/mol. The van der Waals surface area contributed by atoms with Crippen molar-refractivity contribution in [2.24, 2.45) is 22.9 Å². The molecule has 0 aromatic heterocycles. The Morgan fingerprint density at radius 1 is 1.39 bits per heavy atom. The number of carbonyl (C=O) groups is 1. The van der Waals surface area contributed by atoms with Gasteiger partial charge in [0.25, 0.3) is 5.79 Å². The van der Waals surface area contributed by atoms with Crippen molar-refractivity contribution in [3.63, 3.8) is 0 Å². The maximum Gasteiger partial charge on any atom is 0.407 e. The predicted octanol–water partition coefficient (Wildman–Crippen LogP) is -0.312. The molecule has 7 nitrogen and oxygen atoms in total. The summed E-state index contributed by atoms with van der Waals surface area (Å²) in [6, 6.07) is 0. The zero-order valence-corrected chi connectivity index (χ0v) is 10.2. The number of carboxylic acid groups (broad SMARTS) is 1. The van der Waals surface area contributed by atoms with Gasteiger partial charge in [0.1, 0.15) is 5.71 Å². The molecule has 3 N–H and O–H groups in total. The summed E-state index contributed by atoms with van der Waals surface area (Å²) in [4.78, 5) is 17.2. The normalized spacial score (nSPS) is 39.0. The van der Waals surface area contributed by atoms with Crippen LogP contribution in [0.15, 0.2) is 5.16 Å². The molecule has 0 aromatic rings. The van der Waals surface area contributed by atoms with Gasteiger partial charge in [-0.05, 0) is 25.7 Å². The van der Waals surface area contributed by atoms with Crippen molar-refractivity contribution >= 4 is 11.8 Å². The Morgan fingerprint density at radius 3 is 2.33 bits per heavy atom. The van der Waals surface area contributed by atoms with Crippen LogP contribution in [0.25, 0.3) is 0 Å². The quantitative estimate of drug-likeness (QED) is 0.558.